The summed E-state index contributed by atoms with van der Waals surface area (Å²) in [5.74, 6) is -0.0669. The van der Waals surface area contributed by atoms with E-state index in [1.165, 1.54) is 4.90 Å². The molecule has 0 aliphatic carbocycles. The van der Waals surface area contributed by atoms with Crippen LogP contribution in [0.5, 0.6) is 5.75 Å². The number of ketones is 1. The predicted octanol–water partition coefficient (Wildman–Crippen LogP) is 2.62. The molecule has 7 heteroatoms. The van der Waals surface area contributed by atoms with Gasteiger partial charge in [0.2, 0.25) is 0 Å². The first-order valence-corrected chi connectivity index (χ1v) is 10.9. The summed E-state index contributed by atoms with van der Waals surface area (Å²) >= 11 is 6.13. The number of halogens is 1. The first kappa shape index (κ1) is 21.9. The van der Waals surface area contributed by atoms with Crippen molar-refractivity contribution in [2.24, 2.45) is 0 Å². The molecule has 0 unspecified atom stereocenters. The second kappa shape index (κ2) is 9.85. The smallest absolute Gasteiger partial charge is 0.279 e. The van der Waals surface area contributed by atoms with E-state index in [0.29, 0.717) is 28.4 Å². The summed E-state index contributed by atoms with van der Waals surface area (Å²) < 4.78 is 0. The number of quaternary nitrogens is 1. The highest BCUT2D eigenvalue weighted by atomic mass is 35.5. The molecular weight excluding hydrogens is 426 g/mol. The number of nitrogens with one attached hydrogen (secondary N) is 2. The van der Waals surface area contributed by atoms with Gasteiger partial charge >= 0.3 is 0 Å². The fourth-order valence-corrected chi connectivity index (χ4v) is 4.07. The Hall–Kier alpha value is -3.35. The van der Waals surface area contributed by atoms with Crippen molar-refractivity contribution < 1.29 is 19.6 Å². The molecule has 164 valence electrons. The summed E-state index contributed by atoms with van der Waals surface area (Å²) in [6, 6.07) is 21.0. The largest absolute Gasteiger partial charge is 0.508 e. The van der Waals surface area contributed by atoms with Crippen LogP contribution in [0.2, 0.25) is 5.02 Å². The van der Waals surface area contributed by atoms with Gasteiger partial charge in [0.05, 0.1) is 31.9 Å². The molecule has 1 fully saturated rings. The van der Waals surface area contributed by atoms with Gasteiger partial charge in [0, 0.05) is 21.8 Å². The number of aromatic hydroxyl groups is 1. The molecule has 1 amide bonds. The molecule has 3 aromatic rings. The van der Waals surface area contributed by atoms with Crippen molar-refractivity contribution in [1.29, 1.82) is 0 Å². The zero-order valence-electron chi connectivity index (χ0n) is 17.6. The van der Waals surface area contributed by atoms with Gasteiger partial charge in [-0.3, -0.25) is 9.59 Å². The van der Waals surface area contributed by atoms with E-state index in [1.54, 1.807) is 54.6 Å². The first-order valence-electron chi connectivity index (χ1n) is 10.6. The molecule has 3 N–H and O–H groups in total. The number of phenols is 1. The molecule has 6 nitrogen and oxygen atoms in total. The molecule has 0 radical (unpaired) electrons. The normalized spacial score (nSPS) is 14.2. The minimum Gasteiger partial charge on any atom is -0.508 e. The van der Waals surface area contributed by atoms with Crippen LogP contribution in [0.15, 0.2) is 72.8 Å². The predicted molar refractivity (Wildman–Crippen MR) is 126 cm³/mol. The Kier molecular flexibility index (Phi) is 6.73. The van der Waals surface area contributed by atoms with Gasteiger partial charge in [-0.15, -0.1) is 0 Å². The van der Waals surface area contributed by atoms with E-state index in [0.717, 1.165) is 31.9 Å². The van der Waals surface area contributed by atoms with Crippen LogP contribution in [0.4, 0.5) is 11.4 Å². The molecule has 3 aromatic carbocycles. The van der Waals surface area contributed by atoms with Gasteiger partial charge in [0.1, 0.15) is 5.75 Å². The van der Waals surface area contributed by atoms with E-state index in [-0.39, 0.29) is 17.4 Å². The first-order chi connectivity index (χ1) is 15.5. The molecule has 32 heavy (non-hydrogen) atoms. The van der Waals surface area contributed by atoms with Crippen LogP contribution in [0.3, 0.4) is 0 Å². The highest BCUT2D eigenvalue weighted by molar-refractivity contribution is 6.31. The number of piperazine rings is 1. The van der Waals surface area contributed by atoms with Crippen LogP contribution in [0.1, 0.15) is 15.9 Å². The number of carbonyl (C=O) groups is 2. The average molecular weight is 451 g/mol. The third kappa shape index (κ3) is 5.28. The summed E-state index contributed by atoms with van der Waals surface area (Å²) in [6.45, 7) is 3.62. The summed E-state index contributed by atoms with van der Waals surface area (Å²) in [6.07, 6.45) is 0. The van der Waals surface area contributed by atoms with Gasteiger partial charge in [-0.05, 0) is 42.5 Å². The molecule has 4 rings (SSSR count). The third-order valence-corrected chi connectivity index (χ3v) is 5.87. The Bertz CT molecular complexity index is 1100. The number of anilines is 2. The lowest BCUT2D eigenvalue weighted by Gasteiger charge is -2.33. The third-order valence-electron chi connectivity index (χ3n) is 5.63. The molecule has 1 saturated heterocycles. The topological polar surface area (TPSA) is 74.1 Å². The number of hydrogen-bond acceptors (Lipinski definition) is 4. The van der Waals surface area contributed by atoms with E-state index in [1.807, 2.05) is 18.2 Å². The Morgan fingerprint density at radius 3 is 2.34 bits per heavy atom. The number of carbonyl (C=O) groups excluding carboxylic acids is 2. The second-order valence-electron chi connectivity index (χ2n) is 7.86. The van der Waals surface area contributed by atoms with Gasteiger partial charge in [0.15, 0.2) is 12.3 Å². The molecule has 0 saturated carbocycles. The summed E-state index contributed by atoms with van der Waals surface area (Å²) in [7, 11) is 0. The SMILES string of the molecule is O=C(C[NH+]1CCN(c2ccc(O)cc2)CC1)Nc1ccc(Cl)cc1C(=O)c1ccccc1. The number of benzene rings is 3. The van der Waals surface area contributed by atoms with Gasteiger partial charge < -0.3 is 20.2 Å². The van der Waals surface area contributed by atoms with Crippen molar-refractivity contribution in [2.75, 3.05) is 42.9 Å². The molecule has 0 aromatic heterocycles. The Labute approximate surface area is 192 Å². The van der Waals surface area contributed by atoms with E-state index >= 15 is 0 Å². The fourth-order valence-electron chi connectivity index (χ4n) is 3.90. The maximum atomic E-state index is 12.9. The average Bonchev–Trinajstić information content (AvgIpc) is 2.81. The summed E-state index contributed by atoms with van der Waals surface area (Å²) in [5, 5.41) is 12.8. The fraction of sp³-hybridized carbons (Fsp3) is 0.200. The van der Waals surface area contributed by atoms with Crippen LogP contribution in [-0.4, -0.2) is 49.5 Å². The number of rotatable bonds is 6. The van der Waals surface area contributed by atoms with Crippen molar-refractivity contribution in [3.63, 3.8) is 0 Å². The van der Waals surface area contributed by atoms with Crippen molar-refractivity contribution >= 4 is 34.7 Å². The molecular formula is C25H25ClN3O3+. The number of amides is 1. The molecule has 0 spiro atoms. The van der Waals surface area contributed by atoms with Crippen LogP contribution >= 0.6 is 11.6 Å². The van der Waals surface area contributed by atoms with Gasteiger partial charge in [-0.25, -0.2) is 0 Å². The lowest BCUT2D eigenvalue weighted by molar-refractivity contribution is -0.892. The summed E-state index contributed by atoms with van der Waals surface area (Å²) in [5.41, 5.74) is 2.46. The Morgan fingerprint density at radius 1 is 0.969 bits per heavy atom. The van der Waals surface area contributed by atoms with E-state index < -0.39 is 0 Å². The minimum absolute atomic E-state index is 0.137. The van der Waals surface area contributed by atoms with Crippen LogP contribution in [0.25, 0.3) is 0 Å². The lowest BCUT2D eigenvalue weighted by Crippen LogP contribution is -3.15. The second-order valence-corrected chi connectivity index (χ2v) is 8.30. The number of phenolic OH excluding ortho intramolecular Hbond substituents is 1. The molecule has 0 bridgehead atoms. The van der Waals surface area contributed by atoms with E-state index in [2.05, 4.69) is 10.2 Å². The van der Waals surface area contributed by atoms with Crippen molar-refractivity contribution in [1.82, 2.24) is 0 Å². The van der Waals surface area contributed by atoms with E-state index in [4.69, 9.17) is 11.6 Å². The van der Waals surface area contributed by atoms with Gasteiger partial charge in [-0.1, -0.05) is 41.9 Å². The van der Waals surface area contributed by atoms with Gasteiger partial charge in [-0.2, -0.15) is 0 Å². The standard InChI is InChI=1S/C25H24ClN3O3/c26-19-6-11-23(22(16-19)25(32)18-4-2-1-3-5-18)27-24(31)17-28-12-14-29(15-13-28)20-7-9-21(30)10-8-20/h1-11,16,30H,12-15,17H2,(H,27,31)/p+1. The zero-order valence-corrected chi connectivity index (χ0v) is 18.3. The van der Waals surface area contributed by atoms with Crippen LogP contribution in [0, 0.1) is 0 Å². The molecule has 0 atom stereocenters. The monoisotopic (exact) mass is 450 g/mol. The molecule has 1 aliphatic heterocycles. The number of hydrogen-bond donors (Lipinski definition) is 3. The van der Waals surface area contributed by atoms with Crippen molar-refractivity contribution in [3.8, 4) is 5.75 Å². The quantitative estimate of drug-likeness (QED) is 0.505. The minimum atomic E-state index is -0.182. The molecule has 1 aliphatic rings. The highest BCUT2D eigenvalue weighted by Gasteiger charge is 2.23. The van der Waals surface area contributed by atoms with Crippen molar-refractivity contribution in [2.45, 2.75) is 0 Å². The van der Waals surface area contributed by atoms with Crippen LogP contribution < -0.4 is 15.1 Å². The number of nitrogens with zero attached hydrogens (tertiary/aromatic N) is 1. The lowest BCUT2D eigenvalue weighted by atomic mass is 10.0. The van der Waals surface area contributed by atoms with E-state index in [9.17, 15) is 14.7 Å². The van der Waals surface area contributed by atoms with Crippen LogP contribution in [-0.2, 0) is 4.79 Å². The Balaban J connectivity index is 1.37. The maximum absolute atomic E-state index is 12.9. The summed E-state index contributed by atoms with van der Waals surface area (Å²) in [4.78, 5) is 29.1. The van der Waals surface area contributed by atoms with Gasteiger partial charge in [0.25, 0.3) is 5.91 Å². The highest BCUT2D eigenvalue weighted by Crippen LogP contribution is 2.24. The molecule has 1 heterocycles. The zero-order chi connectivity index (χ0) is 22.5. The maximum Gasteiger partial charge on any atom is 0.279 e. The Morgan fingerprint density at radius 2 is 1.66 bits per heavy atom. The van der Waals surface area contributed by atoms with Crippen molar-refractivity contribution in [3.05, 3.63) is 88.9 Å².